The fourth-order valence-corrected chi connectivity index (χ4v) is 9.41. The van der Waals surface area contributed by atoms with Crippen molar-refractivity contribution in [1.82, 2.24) is 0 Å². The van der Waals surface area contributed by atoms with Crippen LogP contribution < -0.4 is 14.5 Å². The van der Waals surface area contributed by atoms with Gasteiger partial charge in [0, 0.05) is 18.7 Å². The van der Waals surface area contributed by atoms with Gasteiger partial charge in [-0.1, -0.05) is 58.5 Å². The van der Waals surface area contributed by atoms with Gasteiger partial charge < -0.3 is 9.64 Å². The average Bonchev–Trinajstić information content (AvgIpc) is 3.51. The van der Waals surface area contributed by atoms with Crippen molar-refractivity contribution in [2.75, 3.05) is 16.3 Å². The van der Waals surface area contributed by atoms with Crippen molar-refractivity contribution in [1.29, 1.82) is 0 Å². The van der Waals surface area contributed by atoms with Gasteiger partial charge in [0.2, 0.25) is 17.7 Å². The quantitative estimate of drug-likeness (QED) is 0.158. The molecule has 0 unspecified atom stereocenters. The van der Waals surface area contributed by atoms with Gasteiger partial charge in [-0.2, -0.15) is 0 Å². The molecule has 1 saturated carbocycles. The Kier molecular flexibility index (Phi) is 6.97. The van der Waals surface area contributed by atoms with E-state index in [1.165, 1.54) is 18.2 Å². The van der Waals surface area contributed by atoms with Crippen molar-refractivity contribution in [2.45, 2.75) is 41.3 Å². The van der Waals surface area contributed by atoms with Crippen LogP contribution in [-0.2, 0) is 19.2 Å². The number of esters is 1. The Balaban J connectivity index is 1.22. The molecular weight excluding hydrogens is 669 g/mol. The van der Waals surface area contributed by atoms with Crippen LogP contribution in [0.25, 0.3) is 0 Å². The number of imide groups is 1. The highest BCUT2D eigenvalue weighted by Gasteiger charge is 2.87. The Morgan fingerprint density at radius 3 is 2.00 bits per heavy atom. The summed E-state index contributed by atoms with van der Waals surface area (Å²) in [5, 5.41) is -0.342. The lowest BCUT2D eigenvalue weighted by Gasteiger charge is -2.34. The van der Waals surface area contributed by atoms with E-state index >= 15 is 0 Å². The number of rotatable bonds is 4. The minimum absolute atomic E-state index is 0.0188. The highest BCUT2D eigenvalue weighted by atomic mass is 35.5. The highest BCUT2D eigenvalue weighted by molar-refractivity contribution is 6.67. The molecule has 0 radical (unpaired) electrons. The van der Waals surface area contributed by atoms with E-state index in [1.807, 2.05) is 32.0 Å². The Labute approximate surface area is 271 Å². The number of hydrogen-bond acceptors (Lipinski definition) is 5. The Bertz CT molecular complexity index is 1610. The van der Waals surface area contributed by atoms with Gasteiger partial charge in [0.1, 0.15) is 15.5 Å². The zero-order chi connectivity index (χ0) is 30.7. The third-order valence-electron chi connectivity index (χ3n) is 8.65. The maximum Gasteiger partial charge on any atom is 0.316 e. The second-order valence-electron chi connectivity index (χ2n) is 11.2. The number of carbonyl (C=O) groups excluding carboxylic acids is 4. The van der Waals surface area contributed by atoms with Crippen LogP contribution in [0.1, 0.15) is 23.1 Å². The van der Waals surface area contributed by atoms with E-state index in [1.54, 1.807) is 11.8 Å². The molecule has 3 amide bonds. The van der Waals surface area contributed by atoms with E-state index in [2.05, 4.69) is 0 Å². The molecule has 0 aromatic heterocycles. The molecule has 7 nitrogen and oxygen atoms in total. The number of benzene rings is 2. The number of hydrogen-bond donors (Lipinski definition) is 0. The number of allylic oxidation sites excluding steroid dienone is 2. The molecule has 2 aliphatic carbocycles. The predicted molar refractivity (Wildman–Crippen MR) is 163 cm³/mol. The third-order valence-corrected chi connectivity index (χ3v) is 12.9. The maximum atomic E-state index is 13.7. The van der Waals surface area contributed by atoms with Crippen molar-refractivity contribution >= 4 is 105 Å². The Morgan fingerprint density at radius 1 is 0.833 bits per heavy atom. The lowest BCUT2D eigenvalue weighted by Crippen LogP contribution is -2.50. The van der Waals surface area contributed by atoms with Crippen LogP contribution >= 0.6 is 69.6 Å². The van der Waals surface area contributed by atoms with Crippen molar-refractivity contribution in [2.24, 2.45) is 17.8 Å². The normalized spacial score (nSPS) is 31.5. The zero-order valence-electron chi connectivity index (χ0n) is 22.3. The van der Waals surface area contributed by atoms with Gasteiger partial charge in [-0.05, 0) is 61.7 Å². The van der Waals surface area contributed by atoms with Gasteiger partial charge in [-0.15, -0.1) is 23.2 Å². The SMILES string of the molecule is Cc1ccc(C)c(N2C[C@H](C(=O)Oc3ccc(N4C(=O)[C@H]5[C@H](C4=O)[C@@]4(Cl)C(Cl)=C(Cl)[C@@]5(Cl)C4(Cl)Cl)c(C)c3)CC2=O)c1. The molecule has 2 saturated heterocycles. The van der Waals surface area contributed by atoms with E-state index in [0.29, 0.717) is 5.56 Å². The molecule has 5 atom stereocenters. The topological polar surface area (TPSA) is 84.0 Å². The highest BCUT2D eigenvalue weighted by Crippen LogP contribution is 2.77. The summed E-state index contributed by atoms with van der Waals surface area (Å²) in [6, 6.07) is 10.3. The summed E-state index contributed by atoms with van der Waals surface area (Å²) in [5.74, 6) is -5.08. The molecule has 6 rings (SSSR count). The number of anilines is 2. The summed E-state index contributed by atoms with van der Waals surface area (Å²) in [5.41, 5.74) is 3.39. The van der Waals surface area contributed by atoms with Crippen LogP contribution in [0.3, 0.4) is 0 Å². The Morgan fingerprint density at radius 2 is 1.43 bits per heavy atom. The zero-order valence-corrected chi connectivity index (χ0v) is 26.8. The van der Waals surface area contributed by atoms with E-state index in [9.17, 15) is 19.2 Å². The maximum absolute atomic E-state index is 13.7. The summed E-state index contributed by atoms with van der Waals surface area (Å²) in [6.45, 7) is 5.69. The van der Waals surface area contributed by atoms with Crippen LogP contribution in [0.2, 0.25) is 0 Å². The predicted octanol–water partition coefficient (Wildman–Crippen LogP) is 6.52. The van der Waals surface area contributed by atoms with Crippen LogP contribution in [0.4, 0.5) is 11.4 Å². The molecule has 2 aliphatic heterocycles. The minimum Gasteiger partial charge on any atom is -0.426 e. The van der Waals surface area contributed by atoms with Gasteiger partial charge in [-0.25, -0.2) is 4.90 Å². The molecule has 42 heavy (non-hydrogen) atoms. The molecule has 2 aromatic carbocycles. The van der Waals surface area contributed by atoms with Crippen LogP contribution in [0.15, 0.2) is 46.5 Å². The molecule has 220 valence electrons. The molecule has 4 aliphatic rings. The number of ether oxygens (including phenoxy) is 1. The van der Waals surface area contributed by atoms with Gasteiger partial charge in [0.15, 0.2) is 4.33 Å². The summed E-state index contributed by atoms with van der Waals surface area (Å²) < 4.78 is 3.60. The fourth-order valence-electron chi connectivity index (χ4n) is 6.48. The number of amides is 3. The van der Waals surface area contributed by atoms with Crippen LogP contribution in [0, 0.1) is 38.5 Å². The number of aryl methyl sites for hydroxylation is 3. The first kappa shape index (κ1) is 30.0. The first-order chi connectivity index (χ1) is 19.6. The average molecular weight is 691 g/mol. The molecule has 0 spiro atoms. The summed E-state index contributed by atoms with van der Waals surface area (Å²) >= 11 is 39.4. The molecule has 2 aromatic rings. The molecular formula is C29H22Cl6N2O5. The van der Waals surface area contributed by atoms with Crippen LogP contribution in [-0.4, -0.2) is 44.3 Å². The van der Waals surface area contributed by atoms with Gasteiger partial charge in [-0.3, -0.25) is 19.2 Å². The minimum atomic E-state index is -2.02. The summed E-state index contributed by atoms with van der Waals surface area (Å²) in [7, 11) is 0. The molecule has 3 fully saturated rings. The van der Waals surface area contributed by atoms with Crippen molar-refractivity contribution in [3.63, 3.8) is 0 Å². The van der Waals surface area contributed by atoms with Crippen molar-refractivity contribution < 1.29 is 23.9 Å². The monoisotopic (exact) mass is 688 g/mol. The lowest BCUT2D eigenvalue weighted by molar-refractivity contribution is -0.139. The molecule has 2 heterocycles. The smallest absolute Gasteiger partial charge is 0.316 e. The Hall–Kier alpha value is -2.00. The lowest BCUT2D eigenvalue weighted by atomic mass is 9.84. The van der Waals surface area contributed by atoms with E-state index < -0.39 is 49.6 Å². The number of fused-ring (bicyclic) bond motifs is 5. The van der Waals surface area contributed by atoms with E-state index in [0.717, 1.165) is 21.7 Å². The second-order valence-corrected chi connectivity index (χ2v) is 14.4. The standard InChI is InChI=1S/C29H22Cl6N2O5/c1-12-4-5-13(2)18(8-12)36-11-15(10-19(36)38)26(41)42-16-6-7-17(14(3)9-16)37-24(39)20-21(25(37)40)28(33)23(31)22(30)27(20,32)29(28,34)35/h4-9,15,20-21H,10-11H2,1-3H3/t15-,20-,21-,27-,28-/m1/s1. The summed E-state index contributed by atoms with van der Waals surface area (Å²) in [6.07, 6.45) is 0.0188. The molecule has 13 heteroatoms. The van der Waals surface area contributed by atoms with Crippen molar-refractivity contribution in [3.8, 4) is 5.75 Å². The van der Waals surface area contributed by atoms with Crippen molar-refractivity contribution in [3.05, 3.63) is 63.2 Å². The fraction of sp³-hybridized carbons (Fsp3) is 0.379. The number of carbonyl (C=O) groups is 4. The van der Waals surface area contributed by atoms with Gasteiger partial charge in [0.05, 0.1) is 33.5 Å². The molecule has 0 N–H and O–H groups in total. The largest absolute Gasteiger partial charge is 0.426 e. The second kappa shape index (κ2) is 9.75. The van der Waals surface area contributed by atoms with Gasteiger partial charge >= 0.3 is 5.97 Å². The third kappa shape index (κ3) is 3.74. The first-order valence-corrected chi connectivity index (χ1v) is 15.2. The van der Waals surface area contributed by atoms with Crippen LogP contribution in [0.5, 0.6) is 5.75 Å². The number of nitrogens with zero attached hydrogens (tertiary/aromatic N) is 2. The van der Waals surface area contributed by atoms with E-state index in [4.69, 9.17) is 74.3 Å². The molecule has 2 bridgehead atoms. The van der Waals surface area contributed by atoms with E-state index in [-0.39, 0.29) is 40.4 Å². The number of alkyl halides is 4. The number of halogens is 6. The summed E-state index contributed by atoms with van der Waals surface area (Å²) in [4.78, 5) is 51.9. The van der Waals surface area contributed by atoms with Gasteiger partial charge in [0.25, 0.3) is 0 Å². The first-order valence-electron chi connectivity index (χ1n) is 13.0.